The molecule has 0 unspecified atom stereocenters. The van der Waals surface area contributed by atoms with E-state index in [2.05, 4.69) is 5.32 Å². The number of hydrogen-bond acceptors (Lipinski definition) is 6. The second-order valence-electron chi connectivity index (χ2n) is 5.43. The first-order valence-corrected chi connectivity index (χ1v) is 8.98. The highest BCUT2D eigenvalue weighted by atomic mass is 127. The first kappa shape index (κ1) is 21.8. The van der Waals surface area contributed by atoms with Crippen LogP contribution in [0, 0.1) is 14.9 Å². The summed E-state index contributed by atoms with van der Waals surface area (Å²) in [7, 11) is 1.47. The van der Waals surface area contributed by atoms with Gasteiger partial charge in [0.05, 0.1) is 17.3 Å². The number of esters is 1. The summed E-state index contributed by atoms with van der Waals surface area (Å²) < 4.78 is 16.3. The molecular weight excluding hydrogens is 451 g/mol. The summed E-state index contributed by atoms with van der Waals surface area (Å²) in [6.07, 6.45) is 1.47. The number of nitriles is 1. The Bertz CT molecular complexity index is 738. The largest absolute Gasteiger partial charge is 0.493 e. The number of hydrogen-bond donors (Lipinski definition) is 1. The van der Waals surface area contributed by atoms with Gasteiger partial charge in [0.2, 0.25) is 0 Å². The first-order valence-electron chi connectivity index (χ1n) is 7.90. The standard InChI is InChI=1S/C18H21IN2O5/c1-5-25-16(22)10-26-17-14(19)7-12(8-15(17)24-4)6-13(9-20)18(23)21-11(2)3/h6-8,11H,5,10H2,1-4H3,(H,21,23)/b13-6-. The highest BCUT2D eigenvalue weighted by Crippen LogP contribution is 2.34. The summed E-state index contributed by atoms with van der Waals surface area (Å²) in [6, 6.07) is 5.17. The third-order valence-electron chi connectivity index (χ3n) is 2.99. The van der Waals surface area contributed by atoms with E-state index < -0.39 is 11.9 Å². The fourth-order valence-electron chi connectivity index (χ4n) is 1.95. The topological polar surface area (TPSA) is 97.7 Å². The molecule has 0 aliphatic carbocycles. The lowest BCUT2D eigenvalue weighted by Gasteiger charge is -2.13. The fraction of sp³-hybridized carbons (Fsp3) is 0.389. The lowest BCUT2D eigenvalue weighted by atomic mass is 10.1. The molecule has 140 valence electrons. The predicted molar refractivity (Wildman–Crippen MR) is 105 cm³/mol. The fourth-order valence-corrected chi connectivity index (χ4v) is 2.73. The summed E-state index contributed by atoms with van der Waals surface area (Å²) in [5.41, 5.74) is 0.585. The Balaban J connectivity index is 3.11. The maximum Gasteiger partial charge on any atom is 0.344 e. The molecule has 0 aliphatic heterocycles. The molecular formula is C18H21IN2O5. The molecule has 0 atom stereocenters. The average Bonchev–Trinajstić information content (AvgIpc) is 2.57. The molecule has 0 saturated carbocycles. The summed E-state index contributed by atoms with van der Waals surface area (Å²) in [6.45, 7) is 5.37. The van der Waals surface area contributed by atoms with Gasteiger partial charge in [-0.1, -0.05) is 0 Å². The summed E-state index contributed by atoms with van der Waals surface area (Å²) in [5.74, 6) is -0.150. The summed E-state index contributed by atoms with van der Waals surface area (Å²) >= 11 is 2.03. The molecule has 0 aliphatic rings. The van der Waals surface area contributed by atoms with Crippen molar-refractivity contribution in [1.29, 1.82) is 5.26 Å². The number of nitrogens with zero attached hydrogens (tertiary/aromatic N) is 1. The van der Waals surface area contributed by atoms with E-state index >= 15 is 0 Å². The van der Waals surface area contributed by atoms with Crippen LogP contribution in [0.25, 0.3) is 6.08 Å². The molecule has 0 spiro atoms. The van der Waals surface area contributed by atoms with Crippen LogP contribution in [0.2, 0.25) is 0 Å². The lowest BCUT2D eigenvalue weighted by Crippen LogP contribution is -2.30. The average molecular weight is 472 g/mol. The van der Waals surface area contributed by atoms with Gasteiger partial charge < -0.3 is 19.5 Å². The third kappa shape index (κ3) is 6.55. The zero-order chi connectivity index (χ0) is 19.7. The van der Waals surface area contributed by atoms with Gasteiger partial charge >= 0.3 is 5.97 Å². The Morgan fingerprint density at radius 3 is 2.62 bits per heavy atom. The summed E-state index contributed by atoms with van der Waals surface area (Å²) in [5, 5.41) is 11.9. The van der Waals surface area contributed by atoms with Gasteiger partial charge in [-0.3, -0.25) is 4.79 Å². The predicted octanol–water partition coefficient (Wildman–Crippen LogP) is 2.67. The van der Waals surface area contributed by atoms with Crippen LogP contribution in [0.15, 0.2) is 17.7 Å². The van der Waals surface area contributed by atoms with Crippen LogP contribution in [0.1, 0.15) is 26.3 Å². The monoisotopic (exact) mass is 472 g/mol. The molecule has 8 heteroatoms. The minimum absolute atomic E-state index is 0.0169. The van der Waals surface area contributed by atoms with E-state index in [-0.39, 0.29) is 24.8 Å². The molecule has 1 rings (SSSR count). The van der Waals surface area contributed by atoms with Crippen LogP contribution in [0.5, 0.6) is 11.5 Å². The van der Waals surface area contributed by atoms with E-state index in [1.165, 1.54) is 13.2 Å². The Kier molecular flexibility index (Phi) is 8.92. The van der Waals surface area contributed by atoms with E-state index in [4.69, 9.17) is 14.2 Å². The molecule has 7 nitrogen and oxygen atoms in total. The van der Waals surface area contributed by atoms with Gasteiger partial charge in [-0.15, -0.1) is 0 Å². The van der Waals surface area contributed by atoms with Crippen molar-refractivity contribution in [2.24, 2.45) is 0 Å². The number of amides is 1. The van der Waals surface area contributed by atoms with Crippen LogP contribution >= 0.6 is 22.6 Å². The second-order valence-corrected chi connectivity index (χ2v) is 6.59. The SMILES string of the molecule is CCOC(=O)COc1c(I)cc(/C=C(/C#N)C(=O)NC(C)C)cc1OC. The Hall–Kier alpha value is -2.28. The minimum Gasteiger partial charge on any atom is -0.493 e. The van der Waals surface area contributed by atoms with Crippen LogP contribution in [-0.4, -0.2) is 38.2 Å². The van der Waals surface area contributed by atoms with E-state index in [1.807, 2.05) is 42.5 Å². The maximum atomic E-state index is 12.0. The highest BCUT2D eigenvalue weighted by Gasteiger charge is 2.15. The highest BCUT2D eigenvalue weighted by molar-refractivity contribution is 14.1. The van der Waals surface area contributed by atoms with Crippen molar-refractivity contribution in [1.82, 2.24) is 5.32 Å². The number of ether oxygens (including phenoxy) is 3. The summed E-state index contributed by atoms with van der Waals surface area (Å²) in [4.78, 5) is 23.5. The minimum atomic E-state index is -0.480. The van der Waals surface area contributed by atoms with Crippen molar-refractivity contribution in [3.05, 3.63) is 26.8 Å². The number of halogens is 1. The molecule has 1 aromatic rings. The molecule has 1 amide bonds. The number of carbonyl (C=O) groups excluding carboxylic acids is 2. The number of methoxy groups -OCH3 is 1. The van der Waals surface area contributed by atoms with Gasteiger partial charge in [-0.05, 0) is 67.1 Å². The Morgan fingerprint density at radius 2 is 2.08 bits per heavy atom. The van der Waals surface area contributed by atoms with Gasteiger partial charge in [0, 0.05) is 6.04 Å². The van der Waals surface area contributed by atoms with E-state index in [0.717, 1.165) is 0 Å². The van der Waals surface area contributed by atoms with Gasteiger partial charge in [-0.25, -0.2) is 4.79 Å². The normalized spacial score (nSPS) is 10.9. The molecule has 1 N–H and O–H groups in total. The molecule has 0 bridgehead atoms. The van der Waals surface area contributed by atoms with Crippen molar-refractivity contribution in [2.45, 2.75) is 26.8 Å². The van der Waals surface area contributed by atoms with Gasteiger partial charge in [0.25, 0.3) is 5.91 Å². The zero-order valence-electron chi connectivity index (χ0n) is 15.1. The molecule has 26 heavy (non-hydrogen) atoms. The van der Waals surface area contributed by atoms with Gasteiger partial charge in [0.15, 0.2) is 18.1 Å². The maximum absolute atomic E-state index is 12.0. The lowest BCUT2D eigenvalue weighted by molar-refractivity contribution is -0.145. The molecule has 0 aromatic heterocycles. The van der Waals surface area contributed by atoms with Crippen molar-refractivity contribution >= 4 is 40.5 Å². The van der Waals surface area contributed by atoms with Crippen LogP contribution in [0.4, 0.5) is 0 Å². The van der Waals surface area contributed by atoms with Crippen LogP contribution in [-0.2, 0) is 14.3 Å². The van der Waals surface area contributed by atoms with Gasteiger partial charge in [0.1, 0.15) is 11.6 Å². The van der Waals surface area contributed by atoms with Gasteiger partial charge in [-0.2, -0.15) is 5.26 Å². The Morgan fingerprint density at radius 1 is 1.38 bits per heavy atom. The van der Waals surface area contributed by atoms with E-state index in [9.17, 15) is 14.9 Å². The number of benzene rings is 1. The van der Waals surface area contributed by atoms with Crippen molar-refractivity contribution in [2.75, 3.05) is 20.3 Å². The number of carbonyl (C=O) groups is 2. The quantitative estimate of drug-likeness (QED) is 0.271. The molecule has 0 saturated heterocycles. The smallest absolute Gasteiger partial charge is 0.344 e. The molecule has 0 radical (unpaired) electrons. The Labute approximate surface area is 166 Å². The molecule has 0 fully saturated rings. The first-order chi connectivity index (χ1) is 12.3. The molecule has 0 heterocycles. The van der Waals surface area contributed by atoms with E-state index in [0.29, 0.717) is 20.6 Å². The zero-order valence-corrected chi connectivity index (χ0v) is 17.2. The third-order valence-corrected chi connectivity index (χ3v) is 3.79. The van der Waals surface area contributed by atoms with Crippen LogP contribution < -0.4 is 14.8 Å². The van der Waals surface area contributed by atoms with Crippen LogP contribution in [0.3, 0.4) is 0 Å². The van der Waals surface area contributed by atoms with E-state index in [1.54, 1.807) is 19.1 Å². The van der Waals surface area contributed by atoms with Crippen molar-refractivity contribution in [3.8, 4) is 17.6 Å². The molecule has 1 aromatic carbocycles. The van der Waals surface area contributed by atoms with Crippen molar-refractivity contribution in [3.63, 3.8) is 0 Å². The van der Waals surface area contributed by atoms with Crippen molar-refractivity contribution < 1.29 is 23.8 Å². The second kappa shape index (κ2) is 10.7. The number of nitrogens with one attached hydrogen (secondary N) is 1. The number of rotatable bonds is 8.